The van der Waals surface area contributed by atoms with E-state index in [0.717, 1.165) is 0 Å². The van der Waals surface area contributed by atoms with E-state index in [1.807, 2.05) is 0 Å². The van der Waals surface area contributed by atoms with Crippen LogP contribution in [0.5, 0.6) is 0 Å². The molecule has 0 aliphatic heterocycles. The first kappa shape index (κ1) is 8.91. The molecule has 0 fully saturated rings. The van der Waals surface area contributed by atoms with E-state index in [1.165, 1.54) is 0 Å². The minimum Gasteiger partial charge on any atom is -0.157 e. The summed E-state index contributed by atoms with van der Waals surface area (Å²) >= 11 is 0.417. The lowest BCUT2D eigenvalue weighted by Crippen LogP contribution is -1.53. The highest BCUT2D eigenvalue weighted by atomic mass is 35.5. The zero-order valence-corrected chi connectivity index (χ0v) is 5.35. The molecule has 0 rings (SSSR count). The van der Waals surface area contributed by atoms with Crippen LogP contribution in [0.1, 0.15) is 0 Å². The van der Waals surface area contributed by atoms with E-state index in [2.05, 4.69) is 10.1 Å². The first-order valence-corrected chi connectivity index (χ1v) is 4.24. The number of halogens is 1. The minimum atomic E-state index is 0. The van der Waals surface area contributed by atoms with Crippen molar-refractivity contribution < 1.29 is 0 Å². The largest absolute Gasteiger partial charge is 0.356 e. The van der Waals surface area contributed by atoms with Gasteiger partial charge in [0.2, 0.25) is 0 Å². The Morgan fingerprint density at radius 2 is 1.25 bits per heavy atom. The molecule has 2 heteroatoms. The molecule has 0 aliphatic carbocycles. The normalized spacial score (nSPS) is 2.50. The number of hydrogen-bond donors (Lipinski definition) is 0. The van der Waals surface area contributed by atoms with Crippen molar-refractivity contribution in [3.8, 4) is 0 Å². The Labute approximate surface area is 43.1 Å². The number of rotatable bonds is 0. The molecule has 4 heavy (non-hydrogen) atoms. The van der Waals surface area contributed by atoms with E-state index in [4.69, 9.17) is 0 Å². The summed E-state index contributed by atoms with van der Waals surface area (Å²) < 4.78 is 0. The van der Waals surface area contributed by atoms with Crippen LogP contribution in [0.25, 0.3) is 0 Å². The second kappa shape index (κ2) is 8.96. The van der Waals surface area contributed by atoms with Gasteiger partial charge in [-0.3, -0.25) is 0 Å². The summed E-state index contributed by atoms with van der Waals surface area (Å²) in [6.07, 6.45) is 0. The third-order valence-electron chi connectivity index (χ3n) is 0. The van der Waals surface area contributed by atoms with E-state index in [-0.39, 0.29) is 12.4 Å². The maximum atomic E-state index is 2.26. The summed E-state index contributed by atoms with van der Waals surface area (Å²) in [5.41, 5.74) is 0. The molecular formula is C2H7ClMg. The van der Waals surface area contributed by atoms with Crippen LogP contribution in [0, 0.1) is 0 Å². The monoisotopic (exact) mass is 90.0 g/mol. The van der Waals surface area contributed by atoms with E-state index in [0.29, 0.717) is 20.4 Å². The van der Waals surface area contributed by atoms with E-state index < -0.39 is 0 Å². The first-order valence-electron chi connectivity index (χ1n) is 1.41. The summed E-state index contributed by atoms with van der Waals surface area (Å²) in [5.74, 6) is 0. The molecule has 0 heterocycles. The highest BCUT2D eigenvalue weighted by molar-refractivity contribution is 6.31. The van der Waals surface area contributed by atoms with Crippen molar-refractivity contribution in [3.63, 3.8) is 0 Å². The van der Waals surface area contributed by atoms with Gasteiger partial charge >= 0.3 is 20.4 Å². The molecule has 0 atom stereocenters. The Kier molecular flexibility index (Phi) is 20.0. The predicted octanol–water partition coefficient (Wildman–Crippen LogP) is 1.21. The molecular weight excluding hydrogens is 83.8 g/mol. The minimum absolute atomic E-state index is 0. The van der Waals surface area contributed by atoms with E-state index in [9.17, 15) is 0 Å². The standard InChI is InChI=1S/2CH3.ClH.Mg/h2*1H3;1H;. The van der Waals surface area contributed by atoms with Gasteiger partial charge in [0.25, 0.3) is 0 Å². The van der Waals surface area contributed by atoms with Crippen molar-refractivity contribution in [1.29, 1.82) is 0 Å². The lowest BCUT2D eigenvalue weighted by Gasteiger charge is -1.34. The highest BCUT2D eigenvalue weighted by Crippen LogP contribution is 1.36. The molecule has 0 bridgehead atoms. The zero-order chi connectivity index (χ0) is 2.71. The van der Waals surface area contributed by atoms with Crippen LogP contribution in [0.2, 0.25) is 10.1 Å². The fraction of sp³-hybridized carbons (Fsp3) is 1.00. The summed E-state index contributed by atoms with van der Waals surface area (Å²) in [4.78, 5) is 0. The van der Waals surface area contributed by atoms with Gasteiger partial charge in [-0.05, 0) is 0 Å². The van der Waals surface area contributed by atoms with Crippen LogP contribution in [-0.4, -0.2) is 20.4 Å². The van der Waals surface area contributed by atoms with Crippen molar-refractivity contribution in [1.82, 2.24) is 0 Å². The van der Waals surface area contributed by atoms with Gasteiger partial charge in [-0.25, -0.2) is 0 Å². The van der Waals surface area contributed by atoms with Crippen molar-refractivity contribution >= 4 is 32.8 Å². The smallest absolute Gasteiger partial charge is 0.157 e. The van der Waals surface area contributed by atoms with Gasteiger partial charge in [0.1, 0.15) is 0 Å². The van der Waals surface area contributed by atoms with Crippen LogP contribution in [0.3, 0.4) is 0 Å². The van der Waals surface area contributed by atoms with Crippen molar-refractivity contribution in [2.24, 2.45) is 0 Å². The molecule has 0 N–H and O–H groups in total. The van der Waals surface area contributed by atoms with Crippen LogP contribution in [-0.2, 0) is 0 Å². The summed E-state index contributed by atoms with van der Waals surface area (Å²) in [6.45, 7) is 0. The fourth-order valence-corrected chi connectivity index (χ4v) is 0. The predicted molar refractivity (Wildman–Crippen MR) is 24.7 cm³/mol. The molecule has 24 valence electrons. The molecule has 0 spiro atoms. The Hall–Kier alpha value is 1.06. The maximum Gasteiger partial charge on any atom is 0.356 e. The van der Waals surface area contributed by atoms with Crippen molar-refractivity contribution in [3.05, 3.63) is 0 Å². The zero-order valence-electron chi connectivity index (χ0n) is 3.12. The highest BCUT2D eigenvalue weighted by Gasteiger charge is 1.54. The molecule has 0 aromatic heterocycles. The Morgan fingerprint density at radius 1 is 1.25 bits per heavy atom. The third-order valence-corrected chi connectivity index (χ3v) is 0. The molecule has 0 aromatic rings. The van der Waals surface area contributed by atoms with Crippen molar-refractivity contribution in [2.45, 2.75) is 10.1 Å². The average Bonchev–Trinajstić information content (AvgIpc) is 0.918. The lowest BCUT2D eigenvalue weighted by molar-refractivity contribution is 2.14. The van der Waals surface area contributed by atoms with Crippen LogP contribution in [0.15, 0.2) is 0 Å². The quantitative estimate of drug-likeness (QED) is 0.393. The van der Waals surface area contributed by atoms with Crippen LogP contribution in [0.4, 0.5) is 0 Å². The first-order chi connectivity index (χ1) is 1.41. The second-order valence-corrected chi connectivity index (χ2v) is 2.12. The second-order valence-electron chi connectivity index (χ2n) is 0.707. The van der Waals surface area contributed by atoms with Crippen LogP contribution < -0.4 is 0 Å². The Bertz CT molecular complexity index is 6.00. The van der Waals surface area contributed by atoms with Gasteiger partial charge in [-0.15, -0.1) is 12.4 Å². The van der Waals surface area contributed by atoms with Gasteiger partial charge in [0.05, 0.1) is 0 Å². The molecule has 0 aromatic carbocycles. The van der Waals surface area contributed by atoms with E-state index in [1.54, 1.807) is 0 Å². The summed E-state index contributed by atoms with van der Waals surface area (Å²) in [5, 5.41) is 4.53. The molecule has 0 amide bonds. The van der Waals surface area contributed by atoms with Gasteiger partial charge in [-0.1, -0.05) is 0 Å². The Balaban J connectivity index is 0. The average molecular weight is 90.8 g/mol. The molecule has 0 saturated carbocycles. The molecule has 0 radical (unpaired) electrons. The molecule has 0 unspecified atom stereocenters. The van der Waals surface area contributed by atoms with Gasteiger partial charge in [-0.2, -0.15) is 10.1 Å². The third kappa shape index (κ3) is 11.6. The number of hydrogen-bond acceptors (Lipinski definition) is 0. The Morgan fingerprint density at radius 3 is 1.25 bits per heavy atom. The van der Waals surface area contributed by atoms with Gasteiger partial charge < -0.3 is 0 Å². The summed E-state index contributed by atoms with van der Waals surface area (Å²) in [6, 6.07) is 0. The molecule has 0 aliphatic rings. The van der Waals surface area contributed by atoms with Crippen molar-refractivity contribution in [2.75, 3.05) is 0 Å². The van der Waals surface area contributed by atoms with Crippen LogP contribution >= 0.6 is 12.4 Å². The lowest BCUT2D eigenvalue weighted by atomic mass is 11.9. The molecule has 0 nitrogen and oxygen atoms in total. The van der Waals surface area contributed by atoms with Gasteiger partial charge in [0, 0.05) is 0 Å². The summed E-state index contributed by atoms with van der Waals surface area (Å²) in [7, 11) is 0. The topological polar surface area (TPSA) is 0 Å². The molecule has 0 saturated heterocycles. The van der Waals surface area contributed by atoms with Gasteiger partial charge in [0.15, 0.2) is 0 Å². The fourth-order valence-electron chi connectivity index (χ4n) is 0. The maximum absolute atomic E-state index is 2.26. The SMILES string of the molecule is Cl.[CH3][Mg][CH3]. The van der Waals surface area contributed by atoms with E-state index >= 15 is 0 Å².